The molecule has 1 saturated carbocycles. The summed E-state index contributed by atoms with van der Waals surface area (Å²) >= 11 is 0. The Morgan fingerprint density at radius 2 is 1.90 bits per heavy atom. The first-order valence-electron chi connectivity index (χ1n) is 4.56. The van der Waals surface area contributed by atoms with Crippen molar-refractivity contribution in [2.24, 2.45) is 11.3 Å². The van der Waals surface area contributed by atoms with E-state index in [1.165, 1.54) is 32.1 Å². The van der Waals surface area contributed by atoms with Crippen LogP contribution in [0.25, 0.3) is 0 Å². The lowest BCUT2D eigenvalue weighted by atomic mass is 9.77. The highest BCUT2D eigenvalue weighted by molar-refractivity contribution is 5.20. The second-order valence-corrected chi connectivity index (χ2v) is 3.83. The molecule has 56 valence electrons. The lowest BCUT2D eigenvalue weighted by molar-refractivity contribution is 0.254. The van der Waals surface area contributed by atoms with Gasteiger partial charge in [-0.15, -0.1) is 0 Å². The average Bonchev–Trinajstić information content (AvgIpc) is 2.71. The molecule has 0 amide bonds. The fourth-order valence-electron chi connectivity index (χ4n) is 2.47. The molecule has 2 aliphatic carbocycles. The van der Waals surface area contributed by atoms with Gasteiger partial charge >= 0.3 is 0 Å². The minimum atomic E-state index is 0.736. The highest BCUT2D eigenvalue weighted by atomic mass is 14.4. The molecule has 0 aromatic heterocycles. The SMILES string of the molecule is CCC1(C2C=C2)CCCC1. The average molecular weight is 136 g/mol. The highest BCUT2D eigenvalue weighted by Crippen LogP contribution is 2.52. The third kappa shape index (κ3) is 0.817. The first-order chi connectivity index (χ1) is 4.87. The Kier molecular flexibility index (Phi) is 1.36. The molecule has 2 aliphatic rings. The fraction of sp³-hybridized carbons (Fsp3) is 0.800. The monoisotopic (exact) mass is 136 g/mol. The molecule has 10 heavy (non-hydrogen) atoms. The van der Waals surface area contributed by atoms with Crippen molar-refractivity contribution >= 4 is 0 Å². The van der Waals surface area contributed by atoms with Crippen molar-refractivity contribution in [2.75, 3.05) is 0 Å². The van der Waals surface area contributed by atoms with Crippen LogP contribution in [0.4, 0.5) is 0 Å². The topological polar surface area (TPSA) is 0 Å². The maximum atomic E-state index is 2.38. The zero-order valence-electron chi connectivity index (χ0n) is 6.77. The van der Waals surface area contributed by atoms with Crippen molar-refractivity contribution in [3.05, 3.63) is 12.2 Å². The maximum Gasteiger partial charge on any atom is 0.000337 e. The van der Waals surface area contributed by atoms with Gasteiger partial charge < -0.3 is 0 Å². The summed E-state index contributed by atoms with van der Waals surface area (Å²) < 4.78 is 0. The molecule has 0 aliphatic heterocycles. The van der Waals surface area contributed by atoms with Gasteiger partial charge in [-0.05, 0) is 24.7 Å². The summed E-state index contributed by atoms with van der Waals surface area (Å²) in [6.07, 6.45) is 12.1. The van der Waals surface area contributed by atoms with E-state index in [4.69, 9.17) is 0 Å². The molecule has 0 aromatic rings. The second kappa shape index (κ2) is 2.11. The molecule has 1 fully saturated rings. The van der Waals surface area contributed by atoms with E-state index in [1.54, 1.807) is 0 Å². The molecular weight excluding hydrogens is 120 g/mol. The van der Waals surface area contributed by atoms with E-state index in [-0.39, 0.29) is 0 Å². The summed E-state index contributed by atoms with van der Waals surface area (Å²) in [5.74, 6) is 0.903. The third-order valence-electron chi connectivity index (χ3n) is 3.40. The van der Waals surface area contributed by atoms with Crippen LogP contribution in [-0.2, 0) is 0 Å². The zero-order chi connectivity index (χ0) is 7.03. The van der Waals surface area contributed by atoms with E-state index in [2.05, 4.69) is 19.1 Å². The first-order valence-corrected chi connectivity index (χ1v) is 4.56. The maximum absolute atomic E-state index is 2.38. The Morgan fingerprint density at radius 3 is 2.30 bits per heavy atom. The Hall–Kier alpha value is -0.260. The molecule has 0 aromatic carbocycles. The van der Waals surface area contributed by atoms with Crippen LogP contribution < -0.4 is 0 Å². The standard InChI is InChI=1S/C10H16/c1-2-10(9-5-6-9)7-3-4-8-10/h5-6,9H,2-4,7-8H2,1H3. The van der Waals surface area contributed by atoms with Gasteiger partial charge in [0.2, 0.25) is 0 Å². The zero-order valence-corrected chi connectivity index (χ0v) is 6.77. The Labute approximate surface area is 63.3 Å². The molecule has 0 N–H and O–H groups in total. The molecule has 0 spiro atoms. The lowest BCUT2D eigenvalue weighted by Gasteiger charge is -2.27. The van der Waals surface area contributed by atoms with Crippen molar-refractivity contribution in [2.45, 2.75) is 39.0 Å². The molecule has 2 rings (SSSR count). The van der Waals surface area contributed by atoms with E-state index < -0.39 is 0 Å². The molecule has 0 unspecified atom stereocenters. The van der Waals surface area contributed by atoms with Gasteiger partial charge in [0.25, 0.3) is 0 Å². The quantitative estimate of drug-likeness (QED) is 0.511. The van der Waals surface area contributed by atoms with Crippen molar-refractivity contribution < 1.29 is 0 Å². The van der Waals surface area contributed by atoms with Crippen molar-refractivity contribution in [1.29, 1.82) is 0 Å². The predicted octanol–water partition coefficient (Wildman–Crippen LogP) is 3.14. The number of allylic oxidation sites excluding steroid dienone is 2. The van der Waals surface area contributed by atoms with Crippen molar-refractivity contribution in [3.63, 3.8) is 0 Å². The van der Waals surface area contributed by atoms with E-state index in [0.29, 0.717) is 0 Å². The fourth-order valence-corrected chi connectivity index (χ4v) is 2.47. The van der Waals surface area contributed by atoms with Crippen LogP contribution in [0.5, 0.6) is 0 Å². The van der Waals surface area contributed by atoms with Crippen LogP contribution in [0.2, 0.25) is 0 Å². The molecule has 0 heteroatoms. The highest BCUT2D eigenvalue weighted by Gasteiger charge is 2.40. The number of hydrogen-bond acceptors (Lipinski definition) is 0. The molecule has 0 radical (unpaired) electrons. The smallest absolute Gasteiger partial charge is 0.000337 e. The van der Waals surface area contributed by atoms with Gasteiger partial charge in [-0.1, -0.05) is 31.9 Å². The van der Waals surface area contributed by atoms with Gasteiger partial charge in [-0.25, -0.2) is 0 Å². The van der Waals surface area contributed by atoms with Gasteiger partial charge in [0.05, 0.1) is 0 Å². The van der Waals surface area contributed by atoms with E-state index in [0.717, 1.165) is 11.3 Å². The van der Waals surface area contributed by atoms with Gasteiger partial charge in [-0.3, -0.25) is 0 Å². The Bertz CT molecular complexity index is 143. The number of rotatable bonds is 2. The summed E-state index contributed by atoms with van der Waals surface area (Å²) in [7, 11) is 0. The summed E-state index contributed by atoms with van der Waals surface area (Å²) in [4.78, 5) is 0. The van der Waals surface area contributed by atoms with Gasteiger partial charge in [0.1, 0.15) is 0 Å². The summed E-state index contributed by atoms with van der Waals surface area (Å²) in [5, 5.41) is 0. The van der Waals surface area contributed by atoms with E-state index in [9.17, 15) is 0 Å². The molecule has 0 heterocycles. The van der Waals surface area contributed by atoms with Crippen LogP contribution in [-0.4, -0.2) is 0 Å². The lowest BCUT2D eigenvalue weighted by Crippen LogP contribution is -2.18. The normalized spacial score (nSPS) is 29.3. The molecule has 0 saturated heterocycles. The van der Waals surface area contributed by atoms with Crippen LogP contribution >= 0.6 is 0 Å². The first kappa shape index (κ1) is 6.45. The molecule has 0 bridgehead atoms. The second-order valence-electron chi connectivity index (χ2n) is 3.83. The molecular formula is C10H16. The largest absolute Gasteiger partial charge is 0.0805 e. The van der Waals surface area contributed by atoms with Crippen LogP contribution in [0.1, 0.15) is 39.0 Å². The third-order valence-corrected chi connectivity index (χ3v) is 3.40. The Balaban J connectivity index is 2.05. The van der Waals surface area contributed by atoms with Crippen molar-refractivity contribution in [3.8, 4) is 0 Å². The van der Waals surface area contributed by atoms with E-state index in [1.807, 2.05) is 0 Å². The van der Waals surface area contributed by atoms with E-state index >= 15 is 0 Å². The summed E-state index contributed by atoms with van der Waals surface area (Å²) in [6, 6.07) is 0. The van der Waals surface area contributed by atoms with Gasteiger partial charge in [0, 0.05) is 5.92 Å². The number of hydrogen-bond donors (Lipinski definition) is 0. The van der Waals surface area contributed by atoms with Crippen LogP contribution in [0, 0.1) is 11.3 Å². The van der Waals surface area contributed by atoms with Gasteiger partial charge in [0.15, 0.2) is 0 Å². The molecule has 0 nitrogen and oxygen atoms in total. The summed E-state index contributed by atoms with van der Waals surface area (Å²) in [6.45, 7) is 2.35. The summed E-state index contributed by atoms with van der Waals surface area (Å²) in [5.41, 5.74) is 0.736. The minimum absolute atomic E-state index is 0.736. The minimum Gasteiger partial charge on any atom is -0.0805 e. The predicted molar refractivity (Wildman–Crippen MR) is 43.8 cm³/mol. The Morgan fingerprint density at radius 1 is 1.30 bits per heavy atom. The molecule has 0 atom stereocenters. The van der Waals surface area contributed by atoms with Crippen LogP contribution in [0.3, 0.4) is 0 Å². The van der Waals surface area contributed by atoms with Crippen LogP contribution in [0.15, 0.2) is 12.2 Å². The van der Waals surface area contributed by atoms with Crippen molar-refractivity contribution in [1.82, 2.24) is 0 Å². The van der Waals surface area contributed by atoms with Gasteiger partial charge in [-0.2, -0.15) is 0 Å².